The molecule has 0 amide bonds. The third kappa shape index (κ3) is 2.56. The van der Waals surface area contributed by atoms with Crippen LogP contribution in [0.4, 0.5) is 5.69 Å². The monoisotopic (exact) mass is 324 g/mol. The summed E-state index contributed by atoms with van der Waals surface area (Å²) in [7, 11) is -3.50. The highest BCUT2D eigenvalue weighted by molar-refractivity contribution is 7.94. The molecule has 0 saturated carbocycles. The maximum atomic E-state index is 12.2. The van der Waals surface area contributed by atoms with E-state index in [4.69, 9.17) is 0 Å². The van der Waals surface area contributed by atoms with Gasteiger partial charge in [0.15, 0.2) is 0 Å². The molecule has 104 valence electrons. The molecule has 0 aliphatic heterocycles. The summed E-state index contributed by atoms with van der Waals surface area (Å²) in [5, 5.41) is 0.967. The van der Waals surface area contributed by atoms with Crippen molar-refractivity contribution in [1.82, 2.24) is 4.98 Å². The quantitative estimate of drug-likeness (QED) is 0.797. The largest absolute Gasteiger partial charge is 0.279 e. The molecule has 20 heavy (non-hydrogen) atoms. The molecule has 4 nitrogen and oxygen atoms in total. The summed E-state index contributed by atoms with van der Waals surface area (Å²) < 4.78 is 28.4. The van der Waals surface area contributed by atoms with Gasteiger partial charge in [-0.25, -0.2) is 13.4 Å². The van der Waals surface area contributed by atoms with Gasteiger partial charge < -0.3 is 0 Å². The lowest BCUT2D eigenvalue weighted by Crippen LogP contribution is -2.11. The van der Waals surface area contributed by atoms with Crippen LogP contribution in [0.25, 0.3) is 10.2 Å². The first kappa shape index (κ1) is 13.5. The van der Waals surface area contributed by atoms with Crippen LogP contribution >= 0.6 is 22.7 Å². The molecule has 7 heteroatoms. The van der Waals surface area contributed by atoms with Gasteiger partial charge in [-0.3, -0.25) is 4.72 Å². The number of sulfonamides is 1. The average Bonchev–Trinajstić information content (AvgIpc) is 2.93. The molecule has 0 radical (unpaired) electrons. The third-order valence-electron chi connectivity index (χ3n) is 2.73. The van der Waals surface area contributed by atoms with Crippen molar-refractivity contribution in [2.24, 2.45) is 0 Å². The summed E-state index contributed by atoms with van der Waals surface area (Å²) in [6, 6.07) is 8.81. The molecular formula is C13H12N2O2S3. The number of aryl methyl sites for hydroxylation is 2. The minimum atomic E-state index is -3.50. The number of fused-ring (bicyclic) bond motifs is 1. The Balaban J connectivity index is 1.96. The Hall–Kier alpha value is -1.44. The van der Waals surface area contributed by atoms with Crippen molar-refractivity contribution >= 4 is 48.6 Å². The Morgan fingerprint density at radius 2 is 1.90 bits per heavy atom. The van der Waals surface area contributed by atoms with E-state index in [2.05, 4.69) is 9.71 Å². The molecule has 2 aromatic heterocycles. The first-order valence-corrected chi connectivity index (χ1v) is 9.02. The van der Waals surface area contributed by atoms with Crippen LogP contribution in [0.2, 0.25) is 0 Å². The average molecular weight is 324 g/mol. The molecule has 1 aromatic carbocycles. The first-order valence-electron chi connectivity index (χ1n) is 5.90. The van der Waals surface area contributed by atoms with E-state index >= 15 is 0 Å². The predicted octanol–water partition coefficient (Wildman–Crippen LogP) is 3.78. The maximum Gasteiger partial charge on any atom is 0.271 e. The van der Waals surface area contributed by atoms with Crippen LogP contribution in [0.1, 0.15) is 9.88 Å². The summed E-state index contributed by atoms with van der Waals surface area (Å²) in [5.74, 6) is 0. The zero-order valence-corrected chi connectivity index (χ0v) is 13.3. The number of thiazole rings is 1. The second kappa shape index (κ2) is 4.83. The second-order valence-corrected chi connectivity index (χ2v) is 8.82. The number of anilines is 1. The summed E-state index contributed by atoms with van der Waals surface area (Å²) >= 11 is 2.81. The Bertz CT molecular complexity index is 878. The number of nitrogens with one attached hydrogen (secondary N) is 1. The first-order chi connectivity index (χ1) is 9.44. The van der Waals surface area contributed by atoms with Crippen LogP contribution in [-0.2, 0) is 10.0 Å². The molecular weight excluding hydrogens is 312 g/mol. The van der Waals surface area contributed by atoms with E-state index in [1.54, 1.807) is 29.5 Å². The molecule has 2 heterocycles. The molecule has 3 rings (SSSR count). The van der Waals surface area contributed by atoms with Gasteiger partial charge >= 0.3 is 0 Å². The van der Waals surface area contributed by atoms with Crippen LogP contribution < -0.4 is 4.72 Å². The molecule has 1 N–H and O–H groups in total. The van der Waals surface area contributed by atoms with E-state index in [1.165, 1.54) is 11.3 Å². The fourth-order valence-electron chi connectivity index (χ4n) is 1.87. The highest BCUT2D eigenvalue weighted by Gasteiger charge is 2.16. The van der Waals surface area contributed by atoms with Gasteiger partial charge in [-0.2, -0.15) is 0 Å². The molecule has 0 fully saturated rings. The number of benzene rings is 1. The van der Waals surface area contributed by atoms with Gasteiger partial charge in [0.2, 0.25) is 0 Å². The fourth-order valence-corrected chi connectivity index (χ4v) is 5.06. The molecule has 3 aromatic rings. The third-order valence-corrected chi connectivity index (χ3v) is 6.54. The normalized spacial score (nSPS) is 11.9. The van der Waals surface area contributed by atoms with Crippen LogP contribution in [-0.4, -0.2) is 13.4 Å². The fraction of sp³-hybridized carbons (Fsp3) is 0.154. The lowest BCUT2D eigenvalue weighted by atomic mass is 10.3. The molecule has 0 bridgehead atoms. The van der Waals surface area contributed by atoms with Crippen LogP contribution in [0.5, 0.6) is 0 Å². The zero-order valence-electron chi connectivity index (χ0n) is 10.9. The number of hydrogen-bond acceptors (Lipinski definition) is 5. The standard InChI is InChI=1S/C13H12N2O2S3/c1-8-3-6-13(18-8)20(16,17)15-10-4-5-11-12(7-10)19-9(2)14-11/h3-7,15H,1-2H3. The van der Waals surface area contributed by atoms with Crippen LogP contribution in [0.3, 0.4) is 0 Å². The smallest absolute Gasteiger partial charge is 0.271 e. The highest BCUT2D eigenvalue weighted by atomic mass is 32.2. The number of thiophene rings is 1. The van der Waals surface area contributed by atoms with Gasteiger partial charge in [0.05, 0.1) is 20.9 Å². The lowest BCUT2D eigenvalue weighted by molar-refractivity contribution is 0.603. The Kier molecular flexibility index (Phi) is 3.27. The van der Waals surface area contributed by atoms with Gasteiger partial charge in [-0.05, 0) is 44.2 Å². The molecule has 0 saturated heterocycles. The minimum Gasteiger partial charge on any atom is -0.279 e. The van der Waals surface area contributed by atoms with Crippen molar-refractivity contribution in [3.8, 4) is 0 Å². The van der Waals surface area contributed by atoms with E-state index in [0.29, 0.717) is 9.90 Å². The van der Waals surface area contributed by atoms with Crippen molar-refractivity contribution in [2.75, 3.05) is 4.72 Å². The number of hydrogen-bond donors (Lipinski definition) is 1. The molecule has 0 aliphatic carbocycles. The highest BCUT2D eigenvalue weighted by Crippen LogP contribution is 2.27. The topological polar surface area (TPSA) is 59.1 Å². The van der Waals surface area contributed by atoms with Crippen LogP contribution in [0.15, 0.2) is 34.5 Å². The molecule has 0 atom stereocenters. The SMILES string of the molecule is Cc1ccc(S(=O)(=O)Nc2ccc3nc(C)sc3c2)s1. The van der Waals surface area contributed by atoms with Crippen molar-refractivity contribution in [1.29, 1.82) is 0 Å². The van der Waals surface area contributed by atoms with Gasteiger partial charge in [0.25, 0.3) is 10.0 Å². The van der Waals surface area contributed by atoms with Crippen molar-refractivity contribution in [2.45, 2.75) is 18.1 Å². The second-order valence-electron chi connectivity index (χ2n) is 4.39. The van der Waals surface area contributed by atoms with Crippen LogP contribution in [0, 0.1) is 13.8 Å². The summed E-state index contributed by atoms with van der Waals surface area (Å²) in [5.41, 5.74) is 1.45. The summed E-state index contributed by atoms with van der Waals surface area (Å²) in [6.07, 6.45) is 0. The molecule has 0 unspecified atom stereocenters. The number of aromatic nitrogens is 1. The van der Waals surface area contributed by atoms with Gasteiger partial charge in [0, 0.05) is 4.88 Å². The Morgan fingerprint density at radius 1 is 1.10 bits per heavy atom. The summed E-state index contributed by atoms with van der Waals surface area (Å²) in [4.78, 5) is 5.33. The van der Waals surface area contributed by atoms with Crippen molar-refractivity contribution < 1.29 is 8.42 Å². The van der Waals surface area contributed by atoms with E-state index in [-0.39, 0.29) is 0 Å². The van der Waals surface area contributed by atoms with E-state index in [9.17, 15) is 8.42 Å². The van der Waals surface area contributed by atoms with Gasteiger partial charge in [-0.1, -0.05) is 0 Å². The number of nitrogens with zero attached hydrogens (tertiary/aromatic N) is 1. The summed E-state index contributed by atoms with van der Waals surface area (Å²) in [6.45, 7) is 3.82. The Morgan fingerprint density at radius 3 is 2.60 bits per heavy atom. The van der Waals surface area contributed by atoms with Gasteiger partial charge in [-0.15, -0.1) is 22.7 Å². The lowest BCUT2D eigenvalue weighted by Gasteiger charge is -2.05. The number of rotatable bonds is 3. The Labute approximate surface area is 125 Å². The van der Waals surface area contributed by atoms with E-state index < -0.39 is 10.0 Å². The predicted molar refractivity (Wildman–Crippen MR) is 84.2 cm³/mol. The zero-order chi connectivity index (χ0) is 14.3. The van der Waals surface area contributed by atoms with Crippen molar-refractivity contribution in [3.63, 3.8) is 0 Å². The van der Waals surface area contributed by atoms with E-state index in [1.807, 2.05) is 26.0 Å². The molecule has 0 aliphatic rings. The maximum absolute atomic E-state index is 12.2. The van der Waals surface area contributed by atoms with E-state index in [0.717, 1.165) is 20.1 Å². The molecule has 0 spiro atoms. The minimum absolute atomic E-state index is 0.329. The van der Waals surface area contributed by atoms with Gasteiger partial charge in [0.1, 0.15) is 4.21 Å². The van der Waals surface area contributed by atoms with Crippen molar-refractivity contribution in [3.05, 3.63) is 40.2 Å².